The van der Waals surface area contributed by atoms with Crippen molar-refractivity contribution in [1.29, 1.82) is 0 Å². The van der Waals surface area contributed by atoms with E-state index in [1.165, 1.54) is 18.2 Å². The lowest BCUT2D eigenvalue weighted by Gasteiger charge is -2.17. The summed E-state index contributed by atoms with van der Waals surface area (Å²) in [6.45, 7) is 1.16. The summed E-state index contributed by atoms with van der Waals surface area (Å²) < 4.78 is 5.59. The number of nitrogens with zero attached hydrogens (tertiary/aromatic N) is 2. The van der Waals surface area contributed by atoms with Crippen molar-refractivity contribution in [1.82, 2.24) is 15.2 Å². The van der Waals surface area contributed by atoms with Crippen LogP contribution in [-0.2, 0) is 4.79 Å². The van der Waals surface area contributed by atoms with Crippen molar-refractivity contribution in [2.24, 2.45) is 0 Å². The zero-order chi connectivity index (χ0) is 19.2. The lowest BCUT2D eigenvalue weighted by molar-refractivity contribution is -0.128. The summed E-state index contributed by atoms with van der Waals surface area (Å²) in [5, 5.41) is 11.7. The second-order valence-electron chi connectivity index (χ2n) is 6.09. The number of hydrogen-bond acceptors (Lipinski definition) is 5. The summed E-state index contributed by atoms with van der Waals surface area (Å²) in [4.78, 5) is 40.8. The van der Waals surface area contributed by atoms with Gasteiger partial charge in [0.2, 0.25) is 5.91 Å². The van der Waals surface area contributed by atoms with Crippen LogP contribution in [0.4, 0.5) is 0 Å². The number of benzene rings is 1. The number of para-hydroxylation sites is 1. The first-order valence-corrected chi connectivity index (χ1v) is 8.50. The minimum atomic E-state index is -1.20. The highest BCUT2D eigenvalue weighted by Crippen LogP contribution is 2.13. The van der Waals surface area contributed by atoms with Crippen molar-refractivity contribution in [3.63, 3.8) is 0 Å². The number of carbonyl (C=O) groups is 3. The van der Waals surface area contributed by atoms with Crippen molar-refractivity contribution in [2.75, 3.05) is 19.7 Å². The van der Waals surface area contributed by atoms with E-state index >= 15 is 0 Å². The summed E-state index contributed by atoms with van der Waals surface area (Å²) in [7, 11) is 0. The molecule has 0 radical (unpaired) electrons. The van der Waals surface area contributed by atoms with Crippen LogP contribution in [0.5, 0.6) is 5.75 Å². The van der Waals surface area contributed by atoms with Gasteiger partial charge in [-0.25, -0.2) is 9.78 Å². The van der Waals surface area contributed by atoms with E-state index in [4.69, 9.17) is 9.84 Å². The van der Waals surface area contributed by atoms with Gasteiger partial charge in [-0.3, -0.25) is 9.59 Å². The van der Waals surface area contributed by atoms with E-state index in [2.05, 4.69) is 10.3 Å². The minimum Gasteiger partial charge on any atom is -0.492 e. The fraction of sp³-hybridized carbons (Fsp3) is 0.263. The van der Waals surface area contributed by atoms with Gasteiger partial charge in [0.25, 0.3) is 5.91 Å². The number of aromatic nitrogens is 1. The average molecular weight is 369 g/mol. The first-order chi connectivity index (χ1) is 13.0. The number of ether oxygens (including phenoxy) is 1. The number of pyridine rings is 1. The van der Waals surface area contributed by atoms with Gasteiger partial charge in [0.15, 0.2) is 0 Å². The molecule has 2 amide bonds. The van der Waals surface area contributed by atoms with Crippen LogP contribution < -0.4 is 10.1 Å². The molecule has 1 aromatic carbocycles. The molecule has 1 aromatic heterocycles. The number of carboxylic acid groups (broad SMARTS) is 1. The largest absolute Gasteiger partial charge is 0.492 e. The summed E-state index contributed by atoms with van der Waals surface area (Å²) in [5.74, 6) is -1.04. The highest BCUT2D eigenvalue weighted by atomic mass is 16.5. The van der Waals surface area contributed by atoms with E-state index in [0.717, 1.165) is 5.75 Å². The third kappa shape index (κ3) is 4.81. The maximum Gasteiger partial charge on any atom is 0.354 e. The quantitative estimate of drug-likeness (QED) is 0.759. The number of carboxylic acids is 1. The van der Waals surface area contributed by atoms with Crippen LogP contribution >= 0.6 is 0 Å². The van der Waals surface area contributed by atoms with Gasteiger partial charge in [-0.2, -0.15) is 0 Å². The van der Waals surface area contributed by atoms with E-state index in [0.29, 0.717) is 19.7 Å². The Kier molecular flexibility index (Phi) is 5.65. The lowest BCUT2D eigenvalue weighted by atomic mass is 10.2. The average Bonchev–Trinajstić information content (AvgIpc) is 3.02. The second-order valence-corrected chi connectivity index (χ2v) is 6.09. The van der Waals surface area contributed by atoms with Crippen LogP contribution in [0, 0.1) is 0 Å². The molecule has 140 valence electrons. The molecule has 0 aliphatic carbocycles. The molecule has 27 heavy (non-hydrogen) atoms. The van der Waals surface area contributed by atoms with Crippen LogP contribution in [0.15, 0.2) is 48.5 Å². The topological polar surface area (TPSA) is 109 Å². The minimum absolute atomic E-state index is 0.00760. The molecular formula is C19H19N3O5. The number of hydrogen-bond donors (Lipinski definition) is 2. The van der Waals surface area contributed by atoms with Gasteiger partial charge < -0.3 is 20.1 Å². The monoisotopic (exact) mass is 369 g/mol. The number of aromatic carboxylic acids is 1. The van der Waals surface area contributed by atoms with Gasteiger partial charge in [0.05, 0.1) is 12.6 Å². The zero-order valence-corrected chi connectivity index (χ0v) is 14.5. The van der Waals surface area contributed by atoms with Gasteiger partial charge in [-0.15, -0.1) is 0 Å². The van der Waals surface area contributed by atoms with Crippen LogP contribution in [0.25, 0.3) is 0 Å². The van der Waals surface area contributed by atoms with E-state index in [9.17, 15) is 14.4 Å². The zero-order valence-electron chi connectivity index (χ0n) is 14.5. The Morgan fingerprint density at radius 3 is 2.63 bits per heavy atom. The molecule has 1 unspecified atom stereocenters. The van der Waals surface area contributed by atoms with Crippen molar-refractivity contribution < 1.29 is 24.2 Å². The number of rotatable bonds is 7. The van der Waals surface area contributed by atoms with Crippen LogP contribution in [0.3, 0.4) is 0 Å². The predicted molar refractivity (Wildman–Crippen MR) is 95.6 cm³/mol. The van der Waals surface area contributed by atoms with E-state index in [1.807, 2.05) is 30.3 Å². The van der Waals surface area contributed by atoms with Crippen molar-refractivity contribution in [3.8, 4) is 5.75 Å². The van der Waals surface area contributed by atoms with Crippen molar-refractivity contribution in [2.45, 2.75) is 12.5 Å². The molecule has 0 saturated carbocycles. The van der Waals surface area contributed by atoms with Crippen molar-refractivity contribution >= 4 is 17.8 Å². The van der Waals surface area contributed by atoms with Gasteiger partial charge in [0, 0.05) is 13.0 Å². The van der Waals surface area contributed by atoms with E-state index in [1.54, 1.807) is 4.90 Å². The molecule has 2 aromatic rings. The fourth-order valence-corrected chi connectivity index (χ4v) is 2.81. The molecule has 8 heteroatoms. The first-order valence-electron chi connectivity index (χ1n) is 8.50. The molecule has 1 saturated heterocycles. The summed E-state index contributed by atoms with van der Waals surface area (Å²) in [5.41, 5.74) is -0.196. The molecule has 1 aliphatic heterocycles. The second kappa shape index (κ2) is 8.31. The Bertz CT molecular complexity index is 840. The standard InChI is InChI=1S/C19H19N3O5/c23-17-11-13(12-22(17)9-10-27-14-5-2-1-3-6-14)20-18(24)15-7-4-8-16(21-15)19(25)26/h1-8,13H,9-12H2,(H,20,24)(H,25,26). The molecule has 8 nitrogen and oxygen atoms in total. The highest BCUT2D eigenvalue weighted by molar-refractivity contribution is 5.95. The predicted octanol–water partition coefficient (Wildman–Crippen LogP) is 1.19. The van der Waals surface area contributed by atoms with Gasteiger partial charge in [-0.1, -0.05) is 24.3 Å². The van der Waals surface area contributed by atoms with Gasteiger partial charge in [-0.05, 0) is 24.3 Å². The number of carbonyl (C=O) groups excluding carboxylic acids is 2. The normalized spacial score (nSPS) is 16.2. The van der Waals surface area contributed by atoms with E-state index < -0.39 is 11.9 Å². The Balaban J connectivity index is 1.50. The Labute approximate surface area is 155 Å². The molecule has 0 bridgehead atoms. The highest BCUT2D eigenvalue weighted by Gasteiger charge is 2.30. The third-order valence-corrected chi connectivity index (χ3v) is 4.12. The summed E-state index contributed by atoms with van der Waals surface area (Å²) in [6.07, 6.45) is 0.190. The Hall–Kier alpha value is -3.42. The van der Waals surface area contributed by atoms with Crippen LogP contribution in [0.1, 0.15) is 27.4 Å². The SMILES string of the molecule is O=C(O)c1cccc(C(=O)NC2CC(=O)N(CCOc3ccccc3)C2)n1. The number of nitrogens with one attached hydrogen (secondary N) is 1. The first kappa shape index (κ1) is 18.4. The fourth-order valence-electron chi connectivity index (χ4n) is 2.81. The molecule has 2 N–H and O–H groups in total. The molecular weight excluding hydrogens is 350 g/mol. The molecule has 1 fully saturated rings. The van der Waals surface area contributed by atoms with Crippen LogP contribution in [0.2, 0.25) is 0 Å². The van der Waals surface area contributed by atoms with Gasteiger partial charge >= 0.3 is 5.97 Å². The number of likely N-dealkylation sites (tertiary alicyclic amines) is 1. The van der Waals surface area contributed by atoms with Crippen molar-refractivity contribution in [3.05, 3.63) is 59.9 Å². The molecule has 3 rings (SSSR count). The summed E-state index contributed by atoms with van der Waals surface area (Å²) in [6, 6.07) is 13.2. The van der Waals surface area contributed by atoms with Crippen LogP contribution in [-0.4, -0.2) is 58.5 Å². The maximum absolute atomic E-state index is 12.3. The Morgan fingerprint density at radius 1 is 1.15 bits per heavy atom. The molecule has 1 aliphatic rings. The maximum atomic E-state index is 12.3. The Morgan fingerprint density at radius 2 is 1.89 bits per heavy atom. The summed E-state index contributed by atoms with van der Waals surface area (Å²) >= 11 is 0. The molecule has 2 heterocycles. The third-order valence-electron chi connectivity index (χ3n) is 4.12. The van der Waals surface area contributed by atoms with Gasteiger partial charge in [0.1, 0.15) is 23.7 Å². The number of amides is 2. The smallest absolute Gasteiger partial charge is 0.354 e. The van der Waals surface area contributed by atoms with E-state index in [-0.39, 0.29) is 29.8 Å². The molecule has 0 spiro atoms. The lowest BCUT2D eigenvalue weighted by Crippen LogP contribution is -2.38. The molecule has 1 atom stereocenters.